The van der Waals surface area contributed by atoms with E-state index in [1.807, 2.05) is 30.3 Å². The Labute approximate surface area is 158 Å². The molecule has 0 aliphatic heterocycles. The molecule has 142 valence electrons. The highest BCUT2D eigenvalue weighted by atomic mass is 16.4. The van der Waals surface area contributed by atoms with Crippen LogP contribution in [0.15, 0.2) is 65.7 Å². The molecular formula is C20H24N4O3. The number of carboxylic acid groups (broad SMARTS) is 1. The highest BCUT2D eigenvalue weighted by Gasteiger charge is 2.45. The van der Waals surface area contributed by atoms with Gasteiger partial charge in [0.25, 0.3) is 0 Å². The molecule has 2 rings (SSSR count). The quantitative estimate of drug-likeness (QED) is 0.165. The second-order valence-corrected chi connectivity index (χ2v) is 6.15. The van der Waals surface area contributed by atoms with Crippen LogP contribution in [0.1, 0.15) is 28.8 Å². The minimum atomic E-state index is -1.77. The molecule has 0 saturated heterocycles. The van der Waals surface area contributed by atoms with Crippen molar-refractivity contribution in [3.8, 4) is 0 Å². The van der Waals surface area contributed by atoms with Gasteiger partial charge in [0.15, 0.2) is 17.3 Å². The first-order valence-electron chi connectivity index (χ1n) is 8.63. The lowest BCUT2D eigenvalue weighted by molar-refractivity contribution is -0.143. The molecule has 2 aromatic carbocycles. The summed E-state index contributed by atoms with van der Waals surface area (Å²) in [6.07, 6.45) is 0.393. The average molecular weight is 368 g/mol. The number of aliphatic carboxylic acids is 1. The average Bonchev–Trinajstić information content (AvgIpc) is 2.68. The summed E-state index contributed by atoms with van der Waals surface area (Å²) in [7, 11) is 0. The summed E-state index contributed by atoms with van der Waals surface area (Å²) >= 11 is 0. The molecule has 0 unspecified atom stereocenters. The molecule has 1 atom stereocenters. The van der Waals surface area contributed by atoms with Crippen LogP contribution < -0.4 is 16.8 Å². The summed E-state index contributed by atoms with van der Waals surface area (Å²) in [5.41, 5.74) is 10.1. The molecule has 0 heterocycles. The number of nitrogens with one attached hydrogen (secondary N) is 1. The SMILES string of the molecule is NC(N)=NCCC[C@](NCc1ccccc1)(C(=O)O)C(=O)c1ccccc1. The van der Waals surface area contributed by atoms with Crippen molar-refractivity contribution < 1.29 is 14.7 Å². The van der Waals surface area contributed by atoms with Gasteiger partial charge in [-0.15, -0.1) is 0 Å². The minimum Gasteiger partial charge on any atom is -0.480 e. The summed E-state index contributed by atoms with van der Waals surface area (Å²) in [6.45, 7) is 0.487. The van der Waals surface area contributed by atoms with Crippen molar-refractivity contribution in [2.24, 2.45) is 16.5 Å². The van der Waals surface area contributed by atoms with Gasteiger partial charge >= 0.3 is 5.97 Å². The van der Waals surface area contributed by atoms with Crippen molar-refractivity contribution in [2.75, 3.05) is 6.54 Å². The number of ketones is 1. The Morgan fingerprint density at radius 1 is 1.00 bits per heavy atom. The largest absolute Gasteiger partial charge is 0.480 e. The van der Waals surface area contributed by atoms with E-state index in [1.165, 1.54) is 0 Å². The maximum absolute atomic E-state index is 13.1. The summed E-state index contributed by atoms with van der Waals surface area (Å²) < 4.78 is 0. The van der Waals surface area contributed by atoms with Gasteiger partial charge in [0.1, 0.15) is 0 Å². The number of nitrogens with two attached hydrogens (primary N) is 2. The van der Waals surface area contributed by atoms with Gasteiger partial charge in [-0.3, -0.25) is 15.1 Å². The molecule has 2 aromatic rings. The topological polar surface area (TPSA) is 131 Å². The minimum absolute atomic E-state index is 0.0552. The predicted molar refractivity (Wildman–Crippen MR) is 104 cm³/mol. The van der Waals surface area contributed by atoms with Crippen LogP contribution in [0, 0.1) is 0 Å². The fourth-order valence-corrected chi connectivity index (χ4v) is 2.80. The van der Waals surface area contributed by atoms with Gasteiger partial charge in [0.2, 0.25) is 0 Å². The molecule has 0 saturated carbocycles. The number of Topliss-reactive ketones (excluding diaryl/α,β-unsaturated/α-hetero) is 1. The Morgan fingerprint density at radius 3 is 2.15 bits per heavy atom. The summed E-state index contributed by atoms with van der Waals surface area (Å²) in [6, 6.07) is 17.7. The van der Waals surface area contributed by atoms with Gasteiger partial charge in [-0.25, -0.2) is 4.79 Å². The zero-order chi connectivity index (χ0) is 19.7. The van der Waals surface area contributed by atoms with Crippen LogP contribution in [0.3, 0.4) is 0 Å². The number of carboxylic acids is 1. The molecule has 0 fully saturated rings. The standard InChI is InChI=1S/C20H24N4O3/c21-19(22)23-13-7-12-20(18(26)27,17(25)16-10-5-2-6-11-16)24-14-15-8-3-1-4-9-15/h1-6,8-11,24H,7,12-14H2,(H,26,27)(H4,21,22,23)/t20-/m1/s1. The van der Waals surface area contributed by atoms with Crippen molar-refractivity contribution in [3.63, 3.8) is 0 Å². The van der Waals surface area contributed by atoms with Crippen LogP contribution in [0.5, 0.6) is 0 Å². The smallest absolute Gasteiger partial charge is 0.332 e. The summed E-state index contributed by atoms with van der Waals surface area (Å²) in [4.78, 5) is 29.2. The zero-order valence-corrected chi connectivity index (χ0v) is 15.0. The normalized spacial score (nSPS) is 12.7. The van der Waals surface area contributed by atoms with Crippen LogP contribution in [0.2, 0.25) is 0 Å². The first-order valence-corrected chi connectivity index (χ1v) is 8.63. The lowest BCUT2D eigenvalue weighted by atomic mass is 9.84. The number of aliphatic imine (C=N–C) groups is 1. The molecule has 0 aliphatic rings. The number of rotatable bonds is 10. The highest BCUT2D eigenvalue weighted by Crippen LogP contribution is 2.22. The van der Waals surface area contributed by atoms with Crippen molar-refractivity contribution in [2.45, 2.75) is 24.9 Å². The highest BCUT2D eigenvalue weighted by molar-refractivity contribution is 6.16. The number of nitrogens with zero attached hydrogens (tertiary/aromatic N) is 1. The number of carbonyl (C=O) groups excluding carboxylic acids is 1. The molecule has 27 heavy (non-hydrogen) atoms. The van der Waals surface area contributed by atoms with Crippen molar-refractivity contribution in [1.82, 2.24) is 5.32 Å². The van der Waals surface area contributed by atoms with Crippen LogP contribution in [0.4, 0.5) is 0 Å². The third-order valence-corrected chi connectivity index (χ3v) is 4.23. The van der Waals surface area contributed by atoms with Crippen molar-refractivity contribution in [3.05, 3.63) is 71.8 Å². The molecule has 6 N–H and O–H groups in total. The third-order valence-electron chi connectivity index (χ3n) is 4.23. The van der Waals surface area contributed by atoms with E-state index in [-0.39, 0.29) is 25.5 Å². The summed E-state index contributed by atoms with van der Waals surface area (Å²) in [5, 5.41) is 12.9. The first kappa shape index (κ1) is 20.1. The van der Waals surface area contributed by atoms with Crippen LogP contribution in [-0.2, 0) is 11.3 Å². The van der Waals surface area contributed by atoms with E-state index in [2.05, 4.69) is 10.3 Å². The lowest BCUT2D eigenvalue weighted by Gasteiger charge is -2.29. The van der Waals surface area contributed by atoms with Gasteiger partial charge in [0, 0.05) is 18.7 Å². The number of benzene rings is 2. The fourth-order valence-electron chi connectivity index (χ4n) is 2.80. The zero-order valence-electron chi connectivity index (χ0n) is 15.0. The van der Waals surface area contributed by atoms with E-state index in [9.17, 15) is 14.7 Å². The van der Waals surface area contributed by atoms with Gasteiger partial charge in [-0.05, 0) is 18.4 Å². The maximum atomic E-state index is 13.1. The first-order chi connectivity index (χ1) is 13.0. The van der Waals surface area contributed by atoms with Crippen LogP contribution >= 0.6 is 0 Å². The number of hydrogen-bond donors (Lipinski definition) is 4. The molecule has 0 radical (unpaired) electrons. The second-order valence-electron chi connectivity index (χ2n) is 6.15. The van der Waals surface area contributed by atoms with Crippen LogP contribution in [-0.4, -0.2) is 34.9 Å². The van der Waals surface area contributed by atoms with E-state index >= 15 is 0 Å². The van der Waals surface area contributed by atoms with E-state index in [0.717, 1.165) is 5.56 Å². The second kappa shape index (κ2) is 9.49. The van der Waals surface area contributed by atoms with E-state index in [1.54, 1.807) is 30.3 Å². The van der Waals surface area contributed by atoms with Gasteiger partial charge in [-0.1, -0.05) is 60.7 Å². The molecular weight excluding hydrogens is 344 g/mol. The molecule has 0 spiro atoms. The fraction of sp³-hybridized carbons (Fsp3) is 0.250. The predicted octanol–water partition coefficient (Wildman–Crippen LogP) is 1.54. The van der Waals surface area contributed by atoms with Crippen molar-refractivity contribution in [1.29, 1.82) is 0 Å². The van der Waals surface area contributed by atoms with Gasteiger partial charge < -0.3 is 16.6 Å². The van der Waals surface area contributed by atoms with Gasteiger partial charge in [-0.2, -0.15) is 0 Å². The molecule has 0 amide bonds. The number of carbonyl (C=O) groups is 2. The Bertz CT molecular complexity index is 789. The molecule has 7 heteroatoms. The Hall–Kier alpha value is -3.19. The Balaban J connectivity index is 2.29. The van der Waals surface area contributed by atoms with E-state index in [0.29, 0.717) is 12.0 Å². The monoisotopic (exact) mass is 368 g/mol. The van der Waals surface area contributed by atoms with Gasteiger partial charge in [0.05, 0.1) is 0 Å². The Morgan fingerprint density at radius 2 is 1.59 bits per heavy atom. The molecule has 0 bridgehead atoms. The molecule has 7 nitrogen and oxygen atoms in total. The maximum Gasteiger partial charge on any atom is 0.332 e. The number of guanidine groups is 1. The third kappa shape index (κ3) is 5.39. The van der Waals surface area contributed by atoms with Crippen LogP contribution in [0.25, 0.3) is 0 Å². The summed E-state index contributed by atoms with van der Waals surface area (Å²) in [5.74, 6) is -1.78. The Kier molecular flexibility index (Phi) is 7.08. The van der Waals surface area contributed by atoms with E-state index in [4.69, 9.17) is 11.5 Å². The lowest BCUT2D eigenvalue weighted by Crippen LogP contribution is -2.58. The van der Waals surface area contributed by atoms with Crippen molar-refractivity contribution >= 4 is 17.7 Å². The molecule has 0 aromatic heterocycles. The number of hydrogen-bond acceptors (Lipinski definition) is 4. The molecule has 0 aliphatic carbocycles. The van der Waals surface area contributed by atoms with E-state index < -0.39 is 17.3 Å².